The monoisotopic (exact) mass is 217 g/mol. The van der Waals surface area contributed by atoms with Crippen LogP contribution in [0.25, 0.3) is 11.0 Å². The molecule has 0 bridgehead atoms. The Balaban J connectivity index is 2.15. The van der Waals surface area contributed by atoms with Crippen LogP contribution in [0.3, 0.4) is 0 Å². The third kappa shape index (κ3) is 1.30. The van der Waals surface area contributed by atoms with Crippen LogP contribution in [0.2, 0.25) is 0 Å². The van der Waals surface area contributed by atoms with E-state index >= 15 is 0 Å². The molecule has 3 N–H and O–H groups in total. The van der Waals surface area contributed by atoms with Crippen LogP contribution in [0.5, 0.6) is 0 Å². The Bertz CT molecular complexity index is 526. The van der Waals surface area contributed by atoms with Gasteiger partial charge in [-0.1, -0.05) is 6.07 Å². The minimum Gasteiger partial charge on any atom is -0.397 e. The van der Waals surface area contributed by atoms with Crippen molar-refractivity contribution in [1.29, 1.82) is 0 Å². The second kappa shape index (κ2) is 3.22. The Hall–Kier alpha value is -1.55. The van der Waals surface area contributed by atoms with Crippen molar-refractivity contribution in [3.05, 3.63) is 24.0 Å². The van der Waals surface area contributed by atoms with Crippen LogP contribution in [0.15, 0.2) is 18.2 Å². The Morgan fingerprint density at radius 3 is 3.06 bits per heavy atom. The average Bonchev–Trinajstić information content (AvgIpc) is 2.85. The first-order chi connectivity index (χ1) is 7.69. The zero-order valence-electron chi connectivity index (χ0n) is 9.29. The summed E-state index contributed by atoms with van der Waals surface area (Å²) in [6, 6.07) is 5.78. The van der Waals surface area contributed by atoms with Crippen LogP contribution in [0, 0.1) is 0 Å². The summed E-state index contributed by atoms with van der Waals surface area (Å²) < 4.78 is 5.76. The first-order valence-corrected chi connectivity index (χ1v) is 5.58. The molecular formula is C12H15N3O. The van der Waals surface area contributed by atoms with Crippen molar-refractivity contribution in [3.8, 4) is 0 Å². The number of rotatable bonds is 1. The molecule has 2 aromatic rings. The molecule has 4 nitrogen and oxygen atoms in total. The number of fused-ring (bicyclic) bond motifs is 1. The van der Waals surface area contributed by atoms with Gasteiger partial charge in [0.2, 0.25) is 0 Å². The molecule has 1 atom stereocenters. The molecule has 16 heavy (non-hydrogen) atoms. The van der Waals surface area contributed by atoms with Gasteiger partial charge in [0, 0.05) is 6.61 Å². The number of anilines is 1. The lowest BCUT2D eigenvalue weighted by Crippen LogP contribution is -2.21. The molecule has 2 heterocycles. The van der Waals surface area contributed by atoms with Gasteiger partial charge in [0.25, 0.3) is 0 Å². The van der Waals surface area contributed by atoms with Gasteiger partial charge in [-0.2, -0.15) is 0 Å². The van der Waals surface area contributed by atoms with E-state index in [9.17, 15) is 0 Å². The van der Waals surface area contributed by atoms with Crippen molar-refractivity contribution in [2.45, 2.75) is 25.4 Å². The average molecular weight is 217 g/mol. The van der Waals surface area contributed by atoms with Crippen molar-refractivity contribution in [2.24, 2.45) is 0 Å². The molecule has 0 amide bonds. The third-order valence-electron chi connectivity index (χ3n) is 3.26. The lowest BCUT2D eigenvalue weighted by Gasteiger charge is -2.19. The SMILES string of the molecule is CC1(c2nc3c(N)cccc3[nH]2)CCCO1. The molecule has 0 saturated carbocycles. The van der Waals surface area contributed by atoms with E-state index in [0.717, 1.165) is 36.3 Å². The summed E-state index contributed by atoms with van der Waals surface area (Å²) in [4.78, 5) is 7.86. The van der Waals surface area contributed by atoms with Gasteiger partial charge in [0.15, 0.2) is 0 Å². The molecule has 1 aromatic heterocycles. The van der Waals surface area contributed by atoms with E-state index in [2.05, 4.69) is 16.9 Å². The number of H-pyrrole nitrogens is 1. The van der Waals surface area contributed by atoms with E-state index in [0.29, 0.717) is 5.69 Å². The van der Waals surface area contributed by atoms with Crippen LogP contribution in [0.4, 0.5) is 5.69 Å². The molecule has 1 unspecified atom stereocenters. The van der Waals surface area contributed by atoms with Gasteiger partial charge < -0.3 is 15.5 Å². The Labute approximate surface area is 93.8 Å². The van der Waals surface area contributed by atoms with E-state index in [-0.39, 0.29) is 5.60 Å². The second-order valence-electron chi connectivity index (χ2n) is 4.51. The van der Waals surface area contributed by atoms with Crippen molar-refractivity contribution in [3.63, 3.8) is 0 Å². The topological polar surface area (TPSA) is 63.9 Å². The summed E-state index contributed by atoms with van der Waals surface area (Å²) in [6.07, 6.45) is 2.09. The Kier molecular flexibility index (Phi) is 1.94. The Morgan fingerprint density at radius 2 is 2.38 bits per heavy atom. The number of benzene rings is 1. The van der Waals surface area contributed by atoms with Crippen LogP contribution < -0.4 is 5.73 Å². The molecule has 0 spiro atoms. The minimum absolute atomic E-state index is 0.272. The second-order valence-corrected chi connectivity index (χ2v) is 4.51. The van der Waals surface area contributed by atoms with Gasteiger partial charge in [-0.3, -0.25) is 0 Å². The molecular weight excluding hydrogens is 202 g/mol. The van der Waals surface area contributed by atoms with Crippen LogP contribution >= 0.6 is 0 Å². The van der Waals surface area contributed by atoms with E-state index in [1.807, 2.05) is 18.2 Å². The molecule has 1 aromatic carbocycles. The number of ether oxygens (including phenoxy) is 1. The summed E-state index contributed by atoms with van der Waals surface area (Å²) in [5.41, 5.74) is 8.15. The molecule has 1 aliphatic rings. The van der Waals surface area contributed by atoms with Crippen molar-refractivity contribution >= 4 is 16.7 Å². The number of imidazole rings is 1. The van der Waals surface area contributed by atoms with E-state index in [1.54, 1.807) is 0 Å². The maximum Gasteiger partial charge on any atom is 0.139 e. The zero-order chi connectivity index (χ0) is 11.2. The first kappa shape index (κ1) is 9.66. The molecule has 4 heteroatoms. The maximum atomic E-state index is 5.89. The summed E-state index contributed by atoms with van der Waals surface area (Å²) >= 11 is 0. The van der Waals surface area contributed by atoms with Gasteiger partial charge in [-0.05, 0) is 31.9 Å². The highest BCUT2D eigenvalue weighted by Gasteiger charge is 2.34. The maximum absolute atomic E-state index is 5.89. The number of nitrogens with two attached hydrogens (primary N) is 1. The minimum atomic E-state index is -0.272. The number of nitrogen functional groups attached to an aromatic ring is 1. The number of para-hydroxylation sites is 1. The summed E-state index contributed by atoms with van der Waals surface area (Å²) in [7, 11) is 0. The summed E-state index contributed by atoms with van der Waals surface area (Å²) in [5, 5.41) is 0. The highest BCUT2D eigenvalue weighted by atomic mass is 16.5. The van der Waals surface area contributed by atoms with Gasteiger partial charge in [0.05, 0.1) is 11.2 Å². The van der Waals surface area contributed by atoms with Gasteiger partial charge in [0.1, 0.15) is 16.9 Å². The molecule has 1 saturated heterocycles. The molecule has 84 valence electrons. The Morgan fingerprint density at radius 1 is 1.50 bits per heavy atom. The normalized spacial score (nSPS) is 25.3. The van der Waals surface area contributed by atoms with E-state index in [1.165, 1.54) is 0 Å². The molecule has 3 rings (SSSR count). The zero-order valence-corrected chi connectivity index (χ0v) is 9.29. The van der Waals surface area contributed by atoms with Gasteiger partial charge in [-0.25, -0.2) is 4.98 Å². The number of hydrogen-bond acceptors (Lipinski definition) is 3. The molecule has 0 radical (unpaired) electrons. The van der Waals surface area contributed by atoms with Gasteiger partial charge >= 0.3 is 0 Å². The predicted octanol–water partition coefficient (Wildman–Crippen LogP) is 2.17. The van der Waals surface area contributed by atoms with Crippen molar-refractivity contribution in [2.75, 3.05) is 12.3 Å². The van der Waals surface area contributed by atoms with Gasteiger partial charge in [-0.15, -0.1) is 0 Å². The molecule has 0 aliphatic carbocycles. The number of aromatic amines is 1. The third-order valence-corrected chi connectivity index (χ3v) is 3.26. The van der Waals surface area contributed by atoms with Crippen LogP contribution in [0.1, 0.15) is 25.6 Å². The fraction of sp³-hybridized carbons (Fsp3) is 0.417. The number of hydrogen-bond donors (Lipinski definition) is 2. The van der Waals surface area contributed by atoms with E-state index < -0.39 is 0 Å². The van der Waals surface area contributed by atoms with Crippen molar-refractivity contribution in [1.82, 2.24) is 9.97 Å². The molecule has 1 aliphatic heterocycles. The quantitative estimate of drug-likeness (QED) is 0.719. The van der Waals surface area contributed by atoms with Crippen LogP contribution in [-0.4, -0.2) is 16.6 Å². The van der Waals surface area contributed by atoms with Crippen LogP contribution in [-0.2, 0) is 10.3 Å². The highest BCUT2D eigenvalue weighted by Crippen LogP contribution is 2.35. The number of aromatic nitrogens is 2. The highest BCUT2D eigenvalue weighted by molar-refractivity contribution is 5.86. The fourth-order valence-corrected chi connectivity index (χ4v) is 2.27. The number of nitrogens with zero attached hydrogens (tertiary/aromatic N) is 1. The molecule has 1 fully saturated rings. The van der Waals surface area contributed by atoms with E-state index in [4.69, 9.17) is 10.5 Å². The van der Waals surface area contributed by atoms with Crippen molar-refractivity contribution < 1.29 is 4.74 Å². The summed E-state index contributed by atoms with van der Waals surface area (Å²) in [5.74, 6) is 0.887. The number of nitrogens with one attached hydrogen (secondary N) is 1. The fourth-order valence-electron chi connectivity index (χ4n) is 2.27. The smallest absolute Gasteiger partial charge is 0.139 e. The summed E-state index contributed by atoms with van der Waals surface area (Å²) in [6.45, 7) is 2.89. The first-order valence-electron chi connectivity index (χ1n) is 5.58. The largest absolute Gasteiger partial charge is 0.397 e. The lowest BCUT2D eigenvalue weighted by atomic mass is 10.0. The lowest BCUT2D eigenvalue weighted by molar-refractivity contribution is 0.0103. The standard InChI is InChI=1S/C12H15N3O/c1-12(6-3-7-16-12)11-14-9-5-2-4-8(13)10(9)15-11/h2,4-5H,3,6-7,13H2,1H3,(H,14,15). The predicted molar refractivity (Wildman–Crippen MR) is 63.0 cm³/mol.